The van der Waals surface area contributed by atoms with Gasteiger partial charge in [-0.3, -0.25) is 0 Å². The molecule has 1 N–H and O–H groups in total. The summed E-state index contributed by atoms with van der Waals surface area (Å²) in [4.78, 5) is 2.74. The van der Waals surface area contributed by atoms with Crippen LogP contribution in [0.2, 0.25) is 0 Å². The average Bonchev–Trinajstić information content (AvgIpc) is 2.61. The lowest BCUT2D eigenvalue weighted by molar-refractivity contribution is 0.161. The number of rotatable bonds is 7. The first kappa shape index (κ1) is 17.0. The molecular weight excluding hydrogens is 232 g/mol. The topological polar surface area (TPSA) is 15.3 Å². The van der Waals surface area contributed by atoms with E-state index in [1.165, 1.54) is 45.2 Å². The maximum absolute atomic E-state index is 3.58. The Kier molecular flexibility index (Phi) is 8.01. The minimum absolute atomic E-state index is 0.604. The maximum atomic E-state index is 3.58. The predicted octanol–water partition coefficient (Wildman–Crippen LogP) is 3.91. The summed E-state index contributed by atoms with van der Waals surface area (Å²) in [5, 5.41) is 3.58. The summed E-state index contributed by atoms with van der Waals surface area (Å²) in [5.41, 5.74) is 0. The highest BCUT2D eigenvalue weighted by atomic mass is 15.2. The third kappa shape index (κ3) is 6.27. The van der Waals surface area contributed by atoms with E-state index >= 15 is 0 Å². The molecule has 0 amide bonds. The van der Waals surface area contributed by atoms with E-state index in [1.807, 2.05) is 0 Å². The number of hydrogen-bond donors (Lipinski definition) is 1. The van der Waals surface area contributed by atoms with Gasteiger partial charge < -0.3 is 10.2 Å². The predicted molar refractivity (Wildman–Crippen MR) is 85.6 cm³/mol. The van der Waals surface area contributed by atoms with Gasteiger partial charge in [0.1, 0.15) is 0 Å². The number of hydrogen-bond acceptors (Lipinski definition) is 2. The lowest BCUT2D eigenvalue weighted by Gasteiger charge is -2.33. The third-order valence-electron chi connectivity index (χ3n) is 4.83. The van der Waals surface area contributed by atoms with Crippen molar-refractivity contribution in [3.63, 3.8) is 0 Å². The van der Waals surface area contributed by atoms with Gasteiger partial charge in [0.05, 0.1) is 0 Å². The molecule has 1 rings (SSSR count). The molecule has 0 radical (unpaired) electrons. The zero-order valence-corrected chi connectivity index (χ0v) is 13.9. The Morgan fingerprint density at radius 1 is 1.11 bits per heavy atom. The molecule has 1 fully saturated rings. The van der Waals surface area contributed by atoms with Crippen molar-refractivity contribution in [2.75, 3.05) is 19.6 Å². The fourth-order valence-corrected chi connectivity index (χ4v) is 3.24. The van der Waals surface area contributed by atoms with Crippen molar-refractivity contribution in [3.05, 3.63) is 0 Å². The number of nitrogens with one attached hydrogen (secondary N) is 1. The molecule has 2 heteroatoms. The summed E-state index contributed by atoms with van der Waals surface area (Å²) in [6, 6.07) is 1.32. The first-order valence-corrected chi connectivity index (χ1v) is 8.52. The van der Waals surface area contributed by atoms with Crippen LogP contribution in [0.1, 0.15) is 66.7 Å². The van der Waals surface area contributed by atoms with Gasteiger partial charge >= 0.3 is 0 Å². The minimum Gasteiger partial charge on any atom is -0.314 e. The molecule has 1 heterocycles. The molecule has 0 bridgehead atoms. The molecule has 0 aromatic carbocycles. The maximum Gasteiger partial charge on any atom is 0.0105 e. The van der Waals surface area contributed by atoms with Gasteiger partial charge in [-0.15, -0.1) is 0 Å². The zero-order valence-electron chi connectivity index (χ0n) is 13.9. The number of nitrogens with zero attached hydrogens (tertiary/aromatic N) is 1. The quantitative estimate of drug-likeness (QED) is 0.753. The van der Waals surface area contributed by atoms with E-state index in [2.05, 4.69) is 44.8 Å². The SMILES string of the molecule is CCCC1CCCN(C(C)C(C)CNC(C)C)CC1. The van der Waals surface area contributed by atoms with E-state index < -0.39 is 0 Å². The Balaban J connectivity index is 2.37. The summed E-state index contributed by atoms with van der Waals surface area (Å²) >= 11 is 0. The van der Waals surface area contributed by atoms with Gasteiger partial charge in [0, 0.05) is 12.1 Å². The average molecular weight is 268 g/mol. The summed E-state index contributed by atoms with van der Waals surface area (Å²) in [6.45, 7) is 15.4. The van der Waals surface area contributed by atoms with Crippen LogP contribution < -0.4 is 5.32 Å². The van der Waals surface area contributed by atoms with Crippen LogP contribution in [0.25, 0.3) is 0 Å². The Morgan fingerprint density at radius 2 is 1.84 bits per heavy atom. The molecule has 2 nitrogen and oxygen atoms in total. The summed E-state index contributed by atoms with van der Waals surface area (Å²) < 4.78 is 0. The molecule has 0 aromatic rings. The van der Waals surface area contributed by atoms with E-state index in [-0.39, 0.29) is 0 Å². The minimum atomic E-state index is 0.604. The van der Waals surface area contributed by atoms with Crippen LogP contribution in [0, 0.1) is 11.8 Å². The highest BCUT2D eigenvalue weighted by Crippen LogP contribution is 2.24. The first-order chi connectivity index (χ1) is 9.04. The standard InChI is InChI=1S/C17H36N2/c1-6-8-17-9-7-11-19(12-10-17)16(5)15(4)13-18-14(2)3/h14-18H,6-13H2,1-5H3. The van der Waals surface area contributed by atoms with E-state index in [0.29, 0.717) is 12.1 Å². The zero-order chi connectivity index (χ0) is 14.3. The lowest BCUT2D eigenvalue weighted by Crippen LogP contribution is -2.42. The van der Waals surface area contributed by atoms with Crippen LogP contribution in [0.15, 0.2) is 0 Å². The van der Waals surface area contributed by atoms with Crippen molar-refractivity contribution in [1.82, 2.24) is 10.2 Å². The monoisotopic (exact) mass is 268 g/mol. The Hall–Kier alpha value is -0.0800. The molecule has 114 valence electrons. The second-order valence-electron chi connectivity index (χ2n) is 6.90. The van der Waals surface area contributed by atoms with E-state index in [0.717, 1.165) is 18.4 Å². The first-order valence-electron chi connectivity index (χ1n) is 8.52. The fraction of sp³-hybridized carbons (Fsp3) is 1.00. The van der Waals surface area contributed by atoms with Crippen molar-refractivity contribution >= 4 is 0 Å². The molecule has 1 aliphatic rings. The van der Waals surface area contributed by atoms with Gasteiger partial charge in [0.25, 0.3) is 0 Å². The molecule has 0 aromatic heterocycles. The molecule has 3 unspecified atom stereocenters. The van der Waals surface area contributed by atoms with Crippen LogP contribution in [-0.2, 0) is 0 Å². The van der Waals surface area contributed by atoms with Gasteiger partial charge in [-0.2, -0.15) is 0 Å². The molecule has 0 aliphatic carbocycles. The Labute approximate surface area is 121 Å². The second kappa shape index (κ2) is 8.97. The smallest absolute Gasteiger partial charge is 0.0105 e. The van der Waals surface area contributed by atoms with Crippen molar-refractivity contribution in [1.29, 1.82) is 0 Å². The van der Waals surface area contributed by atoms with Crippen LogP contribution >= 0.6 is 0 Å². The second-order valence-corrected chi connectivity index (χ2v) is 6.90. The molecular formula is C17H36N2. The molecule has 19 heavy (non-hydrogen) atoms. The van der Waals surface area contributed by atoms with Gasteiger partial charge in [-0.05, 0) is 57.7 Å². The molecule has 0 spiro atoms. The van der Waals surface area contributed by atoms with Crippen molar-refractivity contribution in [2.45, 2.75) is 78.8 Å². The lowest BCUT2D eigenvalue weighted by atomic mass is 9.96. The van der Waals surface area contributed by atoms with Gasteiger partial charge in [0.2, 0.25) is 0 Å². The highest BCUT2D eigenvalue weighted by Gasteiger charge is 2.23. The van der Waals surface area contributed by atoms with Crippen LogP contribution in [-0.4, -0.2) is 36.6 Å². The van der Waals surface area contributed by atoms with Crippen molar-refractivity contribution in [2.24, 2.45) is 11.8 Å². The van der Waals surface area contributed by atoms with E-state index in [1.54, 1.807) is 0 Å². The van der Waals surface area contributed by atoms with Crippen molar-refractivity contribution < 1.29 is 0 Å². The summed E-state index contributed by atoms with van der Waals surface area (Å²) in [7, 11) is 0. The van der Waals surface area contributed by atoms with Crippen LogP contribution in [0.3, 0.4) is 0 Å². The van der Waals surface area contributed by atoms with Gasteiger partial charge in [-0.25, -0.2) is 0 Å². The molecule has 3 atom stereocenters. The van der Waals surface area contributed by atoms with E-state index in [9.17, 15) is 0 Å². The van der Waals surface area contributed by atoms with Gasteiger partial charge in [-0.1, -0.05) is 40.5 Å². The largest absolute Gasteiger partial charge is 0.314 e. The summed E-state index contributed by atoms with van der Waals surface area (Å²) in [6.07, 6.45) is 7.07. The van der Waals surface area contributed by atoms with Crippen LogP contribution in [0.5, 0.6) is 0 Å². The molecule has 1 saturated heterocycles. The normalized spacial score (nSPS) is 25.3. The highest BCUT2D eigenvalue weighted by molar-refractivity contribution is 4.78. The number of likely N-dealkylation sites (tertiary alicyclic amines) is 1. The summed E-state index contributed by atoms with van der Waals surface area (Å²) in [5.74, 6) is 1.73. The Morgan fingerprint density at radius 3 is 2.47 bits per heavy atom. The van der Waals surface area contributed by atoms with E-state index in [4.69, 9.17) is 0 Å². The van der Waals surface area contributed by atoms with Gasteiger partial charge in [0.15, 0.2) is 0 Å². The molecule has 1 aliphatic heterocycles. The Bertz CT molecular complexity index is 227. The van der Waals surface area contributed by atoms with Crippen molar-refractivity contribution in [3.8, 4) is 0 Å². The molecule has 0 saturated carbocycles. The fourth-order valence-electron chi connectivity index (χ4n) is 3.24. The van der Waals surface area contributed by atoms with Crippen LogP contribution in [0.4, 0.5) is 0 Å². The third-order valence-corrected chi connectivity index (χ3v) is 4.83.